The predicted octanol–water partition coefficient (Wildman–Crippen LogP) is 1.94. The number of hydrogen-bond donors (Lipinski definition) is 0. The van der Waals surface area contributed by atoms with E-state index in [1.807, 2.05) is 24.3 Å². The van der Waals surface area contributed by atoms with Gasteiger partial charge >= 0.3 is 0 Å². The lowest BCUT2D eigenvalue weighted by Gasteiger charge is -2.17. The largest absolute Gasteiger partial charge is 0.470 e. The van der Waals surface area contributed by atoms with Crippen LogP contribution in [-0.4, -0.2) is 14.9 Å². The van der Waals surface area contributed by atoms with Crippen LogP contribution in [0.4, 0.5) is 0 Å². The Hall–Kier alpha value is -1.63. The molecule has 0 N–H and O–H groups in total. The second-order valence-corrected chi connectivity index (χ2v) is 3.46. The average molecular weight is 210 g/mol. The molecule has 0 aliphatic carbocycles. The molecule has 0 radical (unpaired) electrons. The zero-order chi connectivity index (χ0) is 11.8. The lowest BCUT2D eigenvalue weighted by molar-refractivity contribution is 0.338. The van der Waals surface area contributed by atoms with Gasteiger partial charge in [-0.25, -0.2) is 0 Å². The maximum atomic E-state index is 5.44. The van der Waals surface area contributed by atoms with Crippen LogP contribution in [0.25, 0.3) is 0 Å². The first kappa shape index (κ1) is 12.4. The molecular weight excluding hydrogens is 194 g/mol. The Balaban J connectivity index is 3.00. The standard InChI is InChI=1S/C13H16B2O/c1-3-8-12(16-4-2)13(15-14)11-9-6-5-7-10-11/h3-10,13,15H,1-2,14H2/b12-8-. The zero-order valence-electron chi connectivity index (χ0n) is 9.73. The molecular formula is C13H16B2O. The second-order valence-electron chi connectivity index (χ2n) is 3.46. The van der Waals surface area contributed by atoms with E-state index in [1.54, 1.807) is 6.08 Å². The van der Waals surface area contributed by atoms with Crippen molar-refractivity contribution < 1.29 is 4.74 Å². The molecule has 1 unspecified atom stereocenters. The molecule has 3 heteroatoms. The van der Waals surface area contributed by atoms with Crippen LogP contribution in [0.1, 0.15) is 11.4 Å². The third kappa shape index (κ3) is 3.20. The van der Waals surface area contributed by atoms with Crippen LogP contribution >= 0.6 is 0 Å². The molecule has 0 heterocycles. The van der Waals surface area contributed by atoms with Crippen LogP contribution in [0.3, 0.4) is 0 Å². The third-order valence-electron chi connectivity index (χ3n) is 2.46. The minimum Gasteiger partial charge on any atom is -0.470 e. The van der Waals surface area contributed by atoms with Gasteiger partial charge in [0.05, 0.1) is 14.0 Å². The molecule has 1 nitrogen and oxygen atoms in total. The summed E-state index contributed by atoms with van der Waals surface area (Å²) in [6.07, 6.45) is 5.09. The monoisotopic (exact) mass is 210 g/mol. The summed E-state index contributed by atoms with van der Waals surface area (Å²) in [6.45, 7) is 7.30. The fourth-order valence-electron chi connectivity index (χ4n) is 1.74. The number of allylic oxidation sites excluding steroid dienone is 3. The lowest BCUT2D eigenvalue weighted by Crippen LogP contribution is -2.12. The zero-order valence-corrected chi connectivity index (χ0v) is 9.73. The number of benzene rings is 1. The van der Waals surface area contributed by atoms with Crippen molar-refractivity contribution >= 4 is 14.9 Å². The highest BCUT2D eigenvalue weighted by Crippen LogP contribution is 2.23. The summed E-state index contributed by atoms with van der Waals surface area (Å²) in [5.41, 5.74) is 1.25. The Kier molecular flexibility index (Phi) is 5.27. The number of rotatable bonds is 6. The van der Waals surface area contributed by atoms with E-state index in [0.29, 0.717) is 0 Å². The Morgan fingerprint density at radius 2 is 2.00 bits per heavy atom. The van der Waals surface area contributed by atoms with Gasteiger partial charge in [0.15, 0.2) is 0 Å². The Labute approximate surface area is 99.2 Å². The van der Waals surface area contributed by atoms with Crippen LogP contribution in [0.15, 0.2) is 67.7 Å². The van der Waals surface area contributed by atoms with Crippen LogP contribution in [-0.2, 0) is 4.74 Å². The maximum Gasteiger partial charge on any atom is 0.102 e. The Morgan fingerprint density at radius 3 is 2.50 bits per heavy atom. The van der Waals surface area contributed by atoms with Gasteiger partial charge in [-0.3, -0.25) is 0 Å². The summed E-state index contributed by atoms with van der Waals surface area (Å²) in [5.74, 6) is 1.15. The maximum absolute atomic E-state index is 5.44. The molecule has 1 aromatic carbocycles. The number of hydrogen-bond acceptors (Lipinski definition) is 1. The minimum atomic E-state index is 0.261. The molecule has 0 spiro atoms. The summed E-state index contributed by atoms with van der Waals surface area (Å²) < 4.78 is 5.44. The smallest absolute Gasteiger partial charge is 0.102 e. The van der Waals surface area contributed by atoms with Gasteiger partial charge in [0.1, 0.15) is 12.9 Å². The van der Waals surface area contributed by atoms with E-state index in [2.05, 4.69) is 33.0 Å². The van der Waals surface area contributed by atoms with Crippen molar-refractivity contribution in [3.8, 4) is 0 Å². The average Bonchev–Trinajstić information content (AvgIpc) is 2.32. The molecule has 0 saturated carbocycles. The van der Waals surface area contributed by atoms with Crippen LogP contribution in [0.5, 0.6) is 0 Å². The van der Waals surface area contributed by atoms with Gasteiger partial charge in [0, 0.05) is 5.82 Å². The van der Waals surface area contributed by atoms with Gasteiger partial charge in [0.25, 0.3) is 0 Å². The first-order chi connectivity index (χ1) is 7.83. The molecule has 1 aromatic rings. The predicted molar refractivity (Wildman–Crippen MR) is 74.4 cm³/mol. The summed E-state index contributed by atoms with van der Waals surface area (Å²) in [5, 5.41) is 0. The van der Waals surface area contributed by atoms with Gasteiger partial charge < -0.3 is 4.74 Å². The van der Waals surface area contributed by atoms with Crippen molar-refractivity contribution in [2.45, 2.75) is 5.82 Å². The highest BCUT2D eigenvalue weighted by Gasteiger charge is 2.15. The first-order valence-electron chi connectivity index (χ1n) is 5.48. The van der Waals surface area contributed by atoms with E-state index in [1.165, 1.54) is 11.8 Å². The van der Waals surface area contributed by atoms with E-state index in [-0.39, 0.29) is 5.82 Å². The van der Waals surface area contributed by atoms with E-state index in [9.17, 15) is 0 Å². The van der Waals surface area contributed by atoms with Crippen molar-refractivity contribution in [2.75, 3.05) is 0 Å². The van der Waals surface area contributed by atoms with Crippen molar-refractivity contribution in [2.24, 2.45) is 0 Å². The van der Waals surface area contributed by atoms with Crippen molar-refractivity contribution in [3.63, 3.8) is 0 Å². The highest BCUT2D eigenvalue weighted by atomic mass is 16.5. The van der Waals surface area contributed by atoms with E-state index < -0.39 is 0 Å². The van der Waals surface area contributed by atoms with Crippen LogP contribution in [0.2, 0.25) is 0 Å². The fraction of sp³-hybridized carbons (Fsp3) is 0.0769. The van der Waals surface area contributed by atoms with Gasteiger partial charge in [-0.1, -0.05) is 49.6 Å². The van der Waals surface area contributed by atoms with Crippen molar-refractivity contribution in [3.05, 3.63) is 73.2 Å². The van der Waals surface area contributed by atoms with Gasteiger partial charge in [-0.2, -0.15) is 0 Å². The molecule has 80 valence electrons. The molecule has 0 aliphatic heterocycles. The van der Waals surface area contributed by atoms with Crippen molar-refractivity contribution in [1.82, 2.24) is 0 Å². The van der Waals surface area contributed by atoms with Crippen LogP contribution < -0.4 is 0 Å². The van der Waals surface area contributed by atoms with Crippen LogP contribution in [0, 0.1) is 0 Å². The summed E-state index contributed by atoms with van der Waals surface area (Å²) in [7, 11) is 3.12. The normalized spacial score (nSPS) is 12.6. The van der Waals surface area contributed by atoms with E-state index in [4.69, 9.17) is 4.74 Å². The summed E-state index contributed by atoms with van der Waals surface area (Å²) in [4.78, 5) is 0. The SMILES string of the molecule is BBC(/C(=C/C=C)OC=C)c1ccccc1. The minimum absolute atomic E-state index is 0.261. The Morgan fingerprint density at radius 1 is 1.31 bits per heavy atom. The van der Waals surface area contributed by atoms with Crippen molar-refractivity contribution in [1.29, 1.82) is 0 Å². The van der Waals surface area contributed by atoms with E-state index in [0.717, 1.165) is 12.9 Å². The van der Waals surface area contributed by atoms with E-state index >= 15 is 0 Å². The molecule has 0 aromatic heterocycles. The molecule has 0 bridgehead atoms. The second kappa shape index (κ2) is 6.78. The lowest BCUT2D eigenvalue weighted by atomic mass is 9.45. The third-order valence-corrected chi connectivity index (χ3v) is 2.46. The highest BCUT2D eigenvalue weighted by molar-refractivity contribution is 6.90. The molecule has 1 atom stereocenters. The van der Waals surface area contributed by atoms with Gasteiger partial charge in [-0.15, -0.1) is 0 Å². The molecule has 1 rings (SSSR count). The fourth-order valence-corrected chi connectivity index (χ4v) is 1.74. The molecule has 0 aliphatic rings. The Bertz CT molecular complexity index is 371. The first-order valence-corrected chi connectivity index (χ1v) is 5.48. The molecule has 16 heavy (non-hydrogen) atoms. The molecule has 0 saturated heterocycles. The molecule has 0 fully saturated rings. The molecule has 0 amide bonds. The summed E-state index contributed by atoms with van der Waals surface area (Å²) >= 11 is 0. The topological polar surface area (TPSA) is 9.23 Å². The van der Waals surface area contributed by atoms with Gasteiger partial charge in [-0.05, 0) is 11.6 Å². The van der Waals surface area contributed by atoms with Gasteiger partial charge in [0.2, 0.25) is 0 Å². The summed E-state index contributed by atoms with van der Waals surface area (Å²) in [6, 6.07) is 10.3. The number of ether oxygens (including phenoxy) is 1. The quantitative estimate of drug-likeness (QED) is 0.396.